The van der Waals surface area contributed by atoms with Gasteiger partial charge in [0.05, 0.1) is 19.3 Å². The number of unbranched alkanes of at least 4 members (excludes halogenated alkanes) is 2. The van der Waals surface area contributed by atoms with Crippen molar-refractivity contribution >= 4 is 0 Å². The van der Waals surface area contributed by atoms with E-state index in [2.05, 4.69) is 6.92 Å². The lowest BCUT2D eigenvalue weighted by molar-refractivity contribution is -0.186. The molecule has 1 heterocycles. The molecular weight excluding hydrogens is 420 g/mol. The minimum atomic E-state index is -4.30. The Morgan fingerprint density at radius 3 is 2.22 bits per heavy atom. The maximum atomic E-state index is 14.4. The van der Waals surface area contributed by atoms with Crippen molar-refractivity contribution in [1.29, 1.82) is 0 Å². The van der Waals surface area contributed by atoms with E-state index in [4.69, 9.17) is 9.47 Å². The second kappa shape index (κ2) is 11.4. The number of rotatable bonds is 10. The monoisotopic (exact) mass is 460 g/mol. The summed E-state index contributed by atoms with van der Waals surface area (Å²) in [7, 11) is 0. The summed E-state index contributed by atoms with van der Waals surface area (Å²) in [6.45, 7) is 4.35. The van der Waals surface area contributed by atoms with Gasteiger partial charge in [0, 0.05) is 5.57 Å². The zero-order valence-electron chi connectivity index (χ0n) is 19.7. The Morgan fingerprint density at radius 2 is 1.59 bits per heavy atom. The Labute approximate surface area is 190 Å². The summed E-state index contributed by atoms with van der Waals surface area (Å²) in [5, 5.41) is 0. The summed E-state index contributed by atoms with van der Waals surface area (Å²) < 4.78 is 68.0. The van der Waals surface area contributed by atoms with Gasteiger partial charge in [-0.05, 0) is 69.3 Å². The average molecular weight is 461 g/mol. The Morgan fingerprint density at radius 1 is 0.875 bits per heavy atom. The van der Waals surface area contributed by atoms with Crippen molar-refractivity contribution in [3.63, 3.8) is 0 Å². The zero-order chi connectivity index (χ0) is 23.2. The van der Waals surface area contributed by atoms with E-state index in [0.29, 0.717) is 24.9 Å². The SMILES string of the molecule is CCCCCC1CCC(C2CCC(CCC3=CC=C(OCC)C(F)(F)C3(F)F)OC2)CC1. The van der Waals surface area contributed by atoms with Crippen molar-refractivity contribution < 1.29 is 27.0 Å². The summed E-state index contributed by atoms with van der Waals surface area (Å²) in [4.78, 5) is 0. The molecule has 2 unspecified atom stereocenters. The van der Waals surface area contributed by atoms with E-state index in [9.17, 15) is 17.6 Å². The predicted octanol–water partition coefficient (Wildman–Crippen LogP) is 8.08. The van der Waals surface area contributed by atoms with Gasteiger partial charge in [0.15, 0.2) is 5.76 Å². The van der Waals surface area contributed by atoms with Crippen LogP contribution < -0.4 is 0 Å². The van der Waals surface area contributed by atoms with Crippen molar-refractivity contribution in [2.75, 3.05) is 13.2 Å². The molecule has 2 nitrogen and oxygen atoms in total. The number of alkyl halides is 4. The van der Waals surface area contributed by atoms with Gasteiger partial charge in [-0.25, -0.2) is 0 Å². The van der Waals surface area contributed by atoms with Gasteiger partial charge in [0.1, 0.15) is 0 Å². The number of hydrogen-bond acceptors (Lipinski definition) is 2. The van der Waals surface area contributed by atoms with E-state index < -0.39 is 23.2 Å². The average Bonchev–Trinajstić information content (AvgIpc) is 2.78. The first-order valence-electron chi connectivity index (χ1n) is 12.7. The highest BCUT2D eigenvalue weighted by molar-refractivity contribution is 5.35. The lowest BCUT2D eigenvalue weighted by atomic mass is 9.72. The topological polar surface area (TPSA) is 18.5 Å². The molecule has 184 valence electrons. The smallest absolute Gasteiger partial charge is 0.369 e. The van der Waals surface area contributed by atoms with Crippen LogP contribution in [-0.4, -0.2) is 31.2 Å². The Hall–Kier alpha value is -1.04. The van der Waals surface area contributed by atoms with Gasteiger partial charge < -0.3 is 9.47 Å². The lowest BCUT2D eigenvalue weighted by Gasteiger charge is -2.38. The van der Waals surface area contributed by atoms with Gasteiger partial charge in [-0.1, -0.05) is 51.5 Å². The molecule has 0 radical (unpaired) electrons. The number of ether oxygens (including phenoxy) is 2. The Kier molecular flexibility index (Phi) is 9.11. The van der Waals surface area contributed by atoms with Crippen molar-refractivity contribution in [2.45, 2.75) is 109 Å². The van der Waals surface area contributed by atoms with Crippen LogP contribution >= 0.6 is 0 Å². The molecule has 2 aliphatic carbocycles. The molecule has 0 bridgehead atoms. The molecule has 0 N–H and O–H groups in total. The maximum Gasteiger partial charge on any atom is 0.369 e. The molecule has 6 heteroatoms. The second-order valence-corrected chi connectivity index (χ2v) is 9.91. The summed E-state index contributed by atoms with van der Waals surface area (Å²) in [5.41, 5.74) is -0.530. The minimum Gasteiger partial charge on any atom is -0.492 e. The first-order valence-corrected chi connectivity index (χ1v) is 12.7. The summed E-state index contributed by atoms with van der Waals surface area (Å²) >= 11 is 0. The third-order valence-corrected chi connectivity index (χ3v) is 7.76. The number of allylic oxidation sites excluding steroid dienone is 4. The molecule has 2 atom stereocenters. The van der Waals surface area contributed by atoms with Crippen LogP contribution in [0.25, 0.3) is 0 Å². The molecule has 2 fully saturated rings. The molecule has 0 spiro atoms. The first kappa shape index (κ1) is 25.6. The summed E-state index contributed by atoms with van der Waals surface area (Å²) in [6, 6.07) is 0. The van der Waals surface area contributed by atoms with Gasteiger partial charge in [-0.15, -0.1) is 0 Å². The van der Waals surface area contributed by atoms with Crippen LogP contribution in [0.2, 0.25) is 0 Å². The third kappa shape index (κ3) is 5.90. The van der Waals surface area contributed by atoms with Gasteiger partial charge in [-0.3, -0.25) is 0 Å². The quantitative estimate of drug-likeness (QED) is 0.242. The fourth-order valence-corrected chi connectivity index (χ4v) is 5.65. The number of hydrogen-bond donors (Lipinski definition) is 0. The van der Waals surface area contributed by atoms with Crippen LogP contribution in [0.3, 0.4) is 0 Å². The van der Waals surface area contributed by atoms with Crippen LogP contribution in [0.5, 0.6) is 0 Å². The summed E-state index contributed by atoms with van der Waals surface area (Å²) in [6.07, 6.45) is 14.6. The first-order chi connectivity index (χ1) is 15.3. The fraction of sp³-hybridized carbons (Fsp3) is 0.846. The standard InChI is InChI=1S/C26H40F4O2/c1-3-5-6-7-19-8-10-20(11-9-19)21-12-15-23(32-18-21)16-13-22-14-17-24(31-4-2)26(29,30)25(22,27)28/h14,17,19-21,23H,3-13,15-16,18H2,1-2H3. The zero-order valence-corrected chi connectivity index (χ0v) is 19.7. The van der Waals surface area contributed by atoms with Crippen LogP contribution in [0.1, 0.15) is 90.9 Å². The highest BCUT2D eigenvalue weighted by Gasteiger charge is 2.63. The number of halogens is 4. The van der Waals surface area contributed by atoms with Gasteiger partial charge in [0.25, 0.3) is 0 Å². The van der Waals surface area contributed by atoms with Crippen molar-refractivity contribution in [2.24, 2.45) is 17.8 Å². The van der Waals surface area contributed by atoms with E-state index in [-0.39, 0.29) is 19.1 Å². The lowest BCUT2D eigenvalue weighted by Crippen LogP contribution is -2.46. The minimum absolute atomic E-state index is 0.0712. The van der Waals surface area contributed by atoms with E-state index in [0.717, 1.165) is 30.9 Å². The van der Waals surface area contributed by atoms with Crippen LogP contribution in [0.15, 0.2) is 23.5 Å². The highest BCUT2D eigenvalue weighted by atomic mass is 19.3. The molecule has 1 saturated heterocycles. The van der Waals surface area contributed by atoms with E-state index >= 15 is 0 Å². The van der Waals surface area contributed by atoms with Crippen molar-refractivity contribution in [1.82, 2.24) is 0 Å². The van der Waals surface area contributed by atoms with Crippen molar-refractivity contribution in [3.8, 4) is 0 Å². The highest BCUT2D eigenvalue weighted by Crippen LogP contribution is 2.49. The van der Waals surface area contributed by atoms with Crippen LogP contribution in [-0.2, 0) is 9.47 Å². The normalized spacial score (nSPS) is 32.2. The van der Waals surface area contributed by atoms with E-state index in [1.165, 1.54) is 58.3 Å². The molecule has 32 heavy (non-hydrogen) atoms. The molecule has 3 aliphatic rings. The van der Waals surface area contributed by atoms with Gasteiger partial charge >= 0.3 is 11.8 Å². The predicted molar refractivity (Wildman–Crippen MR) is 119 cm³/mol. The molecule has 0 aromatic carbocycles. The second-order valence-electron chi connectivity index (χ2n) is 9.91. The third-order valence-electron chi connectivity index (χ3n) is 7.76. The molecular formula is C26H40F4O2. The molecule has 1 saturated carbocycles. The molecule has 3 rings (SSSR count). The molecule has 0 aromatic rings. The molecule has 0 aromatic heterocycles. The summed E-state index contributed by atoms with van der Waals surface area (Å²) in [5.74, 6) is -7.33. The fourth-order valence-electron chi connectivity index (χ4n) is 5.65. The van der Waals surface area contributed by atoms with E-state index in [1.54, 1.807) is 0 Å². The Bertz CT molecular complexity index is 642. The largest absolute Gasteiger partial charge is 0.492 e. The Balaban J connectivity index is 1.42. The van der Waals surface area contributed by atoms with E-state index in [1.807, 2.05) is 0 Å². The molecule has 1 aliphatic heterocycles. The van der Waals surface area contributed by atoms with Crippen LogP contribution in [0.4, 0.5) is 17.6 Å². The van der Waals surface area contributed by atoms with Crippen molar-refractivity contribution in [3.05, 3.63) is 23.5 Å². The van der Waals surface area contributed by atoms with Gasteiger partial charge in [0.2, 0.25) is 0 Å². The molecule has 0 amide bonds. The van der Waals surface area contributed by atoms with Gasteiger partial charge in [-0.2, -0.15) is 17.6 Å². The van der Waals surface area contributed by atoms with Crippen LogP contribution in [0, 0.1) is 17.8 Å². The maximum absolute atomic E-state index is 14.4.